The fraction of sp³-hybridized carbons (Fsp3) is 0.429. The van der Waals surface area contributed by atoms with Crippen molar-refractivity contribution >= 4 is 55.0 Å². The molecule has 2 aliphatic rings. The van der Waals surface area contributed by atoms with E-state index in [1.165, 1.54) is 11.3 Å². The summed E-state index contributed by atoms with van der Waals surface area (Å²) in [4.78, 5) is 49.1. The van der Waals surface area contributed by atoms with Crippen molar-refractivity contribution in [2.75, 3.05) is 64.4 Å². The van der Waals surface area contributed by atoms with Crippen LogP contribution in [0.2, 0.25) is 0 Å². The molecule has 204 valence electrons. The van der Waals surface area contributed by atoms with E-state index in [-0.39, 0.29) is 28.7 Å². The first-order valence-corrected chi connectivity index (χ1v) is 14.3. The van der Waals surface area contributed by atoms with Gasteiger partial charge in [-0.05, 0) is 50.2 Å². The summed E-state index contributed by atoms with van der Waals surface area (Å²) in [7, 11) is 1.67. The zero-order chi connectivity index (χ0) is 26.9. The molecule has 2 saturated heterocycles. The zero-order valence-corrected chi connectivity index (χ0v) is 22.8. The Morgan fingerprint density at radius 1 is 1.08 bits per heavy atom. The van der Waals surface area contributed by atoms with Crippen molar-refractivity contribution in [1.29, 1.82) is 0 Å². The van der Waals surface area contributed by atoms with Gasteiger partial charge >= 0.3 is 0 Å². The van der Waals surface area contributed by atoms with Crippen LogP contribution in [0.25, 0.3) is 26.1 Å². The SMILES string of the molecule is CNC(=O)C1CCN(CCNC(=O)c2c(=O)c3ccc(N4CCOCC4)nc3n3c2sc2ccccc23)CC1. The molecule has 5 heterocycles. The van der Waals surface area contributed by atoms with Crippen LogP contribution in [-0.2, 0) is 9.53 Å². The molecule has 39 heavy (non-hydrogen) atoms. The van der Waals surface area contributed by atoms with Crippen LogP contribution < -0.4 is 21.0 Å². The molecule has 10 nitrogen and oxygen atoms in total. The molecule has 6 rings (SSSR count). The van der Waals surface area contributed by atoms with Crippen LogP contribution >= 0.6 is 11.3 Å². The molecule has 2 N–H and O–H groups in total. The largest absolute Gasteiger partial charge is 0.378 e. The highest BCUT2D eigenvalue weighted by molar-refractivity contribution is 7.24. The monoisotopic (exact) mass is 548 g/mol. The number of pyridine rings is 2. The summed E-state index contributed by atoms with van der Waals surface area (Å²) < 4.78 is 8.43. The fourth-order valence-electron chi connectivity index (χ4n) is 5.59. The molecular weight excluding hydrogens is 516 g/mol. The van der Waals surface area contributed by atoms with Gasteiger partial charge in [-0.3, -0.25) is 18.8 Å². The topological polar surface area (TPSA) is 108 Å². The number of thiazole rings is 1. The van der Waals surface area contributed by atoms with Gasteiger partial charge in [-0.2, -0.15) is 0 Å². The predicted molar refractivity (Wildman–Crippen MR) is 153 cm³/mol. The molecule has 2 amide bonds. The highest BCUT2D eigenvalue weighted by Gasteiger charge is 2.26. The second kappa shape index (κ2) is 10.9. The fourth-order valence-corrected chi connectivity index (χ4v) is 6.77. The number of aromatic nitrogens is 2. The number of benzene rings is 1. The maximum Gasteiger partial charge on any atom is 0.258 e. The van der Waals surface area contributed by atoms with E-state index < -0.39 is 0 Å². The minimum Gasteiger partial charge on any atom is -0.378 e. The molecule has 0 spiro atoms. The number of carbonyl (C=O) groups excluding carboxylic acids is 2. The lowest BCUT2D eigenvalue weighted by molar-refractivity contribution is -0.125. The van der Waals surface area contributed by atoms with Crippen LogP contribution in [0.5, 0.6) is 0 Å². The molecule has 0 saturated carbocycles. The van der Waals surface area contributed by atoms with Crippen LogP contribution in [0.3, 0.4) is 0 Å². The lowest BCUT2D eigenvalue weighted by atomic mass is 9.96. The molecular formula is C28H32N6O4S. The Bertz CT molecular complexity index is 1600. The molecule has 0 radical (unpaired) electrons. The molecule has 0 aliphatic carbocycles. The van der Waals surface area contributed by atoms with Crippen LogP contribution in [0.1, 0.15) is 23.2 Å². The Hall–Kier alpha value is -3.54. The number of hydrogen-bond donors (Lipinski definition) is 2. The first-order chi connectivity index (χ1) is 19.0. The molecule has 11 heteroatoms. The first-order valence-electron chi connectivity index (χ1n) is 13.5. The van der Waals surface area contributed by atoms with E-state index in [9.17, 15) is 14.4 Å². The van der Waals surface area contributed by atoms with Crippen LogP contribution in [0, 0.1) is 5.92 Å². The van der Waals surface area contributed by atoms with E-state index in [1.54, 1.807) is 13.1 Å². The normalized spacial score (nSPS) is 17.2. The highest BCUT2D eigenvalue weighted by atomic mass is 32.1. The molecule has 4 aromatic rings. The number of morpholine rings is 1. The van der Waals surface area contributed by atoms with Crippen molar-refractivity contribution in [3.05, 3.63) is 52.2 Å². The average Bonchev–Trinajstić information content (AvgIpc) is 3.36. The quantitative estimate of drug-likeness (QED) is 0.380. The smallest absolute Gasteiger partial charge is 0.258 e. The van der Waals surface area contributed by atoms with Crippen molar-refractivity contribution in [1.82, 2.24) is 24.9 Å². The van der Waals surface area contributed by atoms with E-state index in [0.29, 0.717) is 42.2 Å². The molecule has 0 unspecified atom stereocenters. The Balaban J connectivity index is 1.30. The Morgan fingerprint density at radius 3 is 2.62 bits per heavy atom. The van der Waals surface area contributed by atoms with Gasteiger partial charge in [0, 0.05) is 39.1 Å². The number of likely N-dealkylation sites (tertiary alicyclic amines) is 1. The summed E-state index contributed by atoms with van der Waals surface area (Å²) >= 11 is 1.43. The second-order valence-electron chi connectivity index (χ2n) is 10.0. The molecule has 2 aliphatic heterocycles. The van der Waals surface area contributed by atoms with Gasteiger partial charge in [0.2, 0.25) is 11.3 Å². The Morgan fingerprint density at radius 2 is 1.85 bits per heavy atom. The number of piperidine rings is 1. The molecule has 3 aromatic heterocycles. The lowest BCUT2D eigenvalue weighted by Gasteiger charge is -2.30. The van der Waals surface area contributed by atoms with Gasteiger partial charge in [-0.15, -0.1) is 11.3 Å². The number of amides is 2. The van der Waals surface area contributed by atoms with E-state index in [4.69, 9.17) is 9.72 Å². The molecule has 1 aromatic carbocycles. The van der Waals surface area contributed by atoms with Crippen molar-refractivity contribution in [3.63, 3.8) is 0 Å². The van der Waals surface area contributed by atoms with Crippen LogP contribution in [0.4, 0.5) is 5.82 Å². The van der Waals surface area contributed by atoms with Gasteiger partial charge in [0.15, 0.2) is 5.65 Å². The molecule has 2 fully saturated rings. The van der Waals surface area contributed by atoms with Gasteiger partial charge in [0.25, 0.3) is 5.91 Å². The number of fused-ring (bicyclic) bond motifs is 5. The summed E-state index contributed by atoms with van der Waals surface area (Å²) in [6.07, 6.45) is 1.61. The second-order valence-corrected chi connectivity index (χ2v) is 11.1. The number of nitrogens with one attached hydrogen (secondary N) is 2. The maximum absolute atomic E-state index is 13.8. The summed E-state index contributed by atoms with van der Waals surface area (Å²) in [5, 5.41) is 6.14. The van der Waals surface area contributed by atoms with Gasteiger partial charge in [-0.1, -0.05) is 12.1 Å². The van der Waals surface area contributed by atoms with E-state index in [2.05, 4.69) is 20.4 Å². The maximum atomic E-state index is 13.8. The van der Waals surface area contributed by atoms with Crippen LogP contribution in [0.15, 0.2) is 41.2 Å². The summed E-state index contributed by atoms with van der Waals surface area (Å²) in [5.41, 5.74) is 1.33. The lowest BCUT2D eigenvalue weighted by Crippen LogP contribution is -2.43. The number of anilines is 1. The Labute approximate surface area is 229 Å². The third-order valence-electron chi connectivity index (χ3n) is 7.75. The third-order valence-corrected chi connectivity index (χ3v) is 8.90. The van der Waals surface area contributed by atoms with Crippen molar-refractivity contribution in [2.24, 2.45) is 5.92 Å². The Kier molecular flexibility index (Phi) is 7.20. The average molecular weight is 549 g/mol. The number of ether oxygens (including phenoxy) is 1. The highest BCUT2D eigenvalue weighted by Crippen LogP contribution is 2.31. The number of carbonyl (C=O) groups is 2. The van der Waals surface area contributed by atoms with Crippen molar-refractivity contribution in [3.8, 4) is 0 Å². The van der Waals surface area contributed by atoms with E-state index in [0.717, 1.165) is 55.1 Å². The summed E-state index contributed by atoms with van der Waals surface area (Å²) in [6.45, 7) is 5.47. The summed E-state index contributed by atoms with van der Waals surface area (Å²) in [5.74, 6) is 0.575. The first kappa shape index (κ1) is 25.7. The van der Waals surface area contributed by atoms with Gasteiger partial charge in [0.05, 0.1) is 28.8 Å². The standard InChI is InChI=1S/C28H32N6O4S/c1-29-26(36)18-8-11-32(12-9-18)13-10-30-27(37)23-24(35)19-6-7-22(33-14-16-38-17-15-33)31-25(19)34-20-4-2-3-5-21(20)39-28(23)34/h2-7,18H,8-17H2,1H3,(H,29,36)(H,30,37). The van der Waals surface area contributed by atoms with Gasteiger partial charge in [-0.25, -0.2) is 4.98 Å². The van der Waals surface area contributed by atoms with Gasteiger partial charge < -0.3 is 25.2 Å². The molecule has 0 bridgehead atoms. The third kappa shape index (κ3) is 4.86. The summed E-state index contributed by atoms with van der Waals surface area (Å²) in [6, 6.07) is 11.6. The number of nitrogens with zero attached hydrogens (tertiary/aromatic N) is 4. The number of rotatable bonds is 6. The molecule has 0 atom stereocenters. The zero-order valence-electron chi connectivity index (χ0n) is 21.9. The van der Waals surface area contributed by atoms with E-state index in [1.807, 2.05) is 34.7 Å². The minimum atomic E-state index is -0.372. The predicted octanol–water partition coefficient (Wildman–Crippen LogP) is 2.09. The number of para-hydroxylation sites is 1. The van der Waals surface area contributed by atoms with E-state index >= 15 is 0 Å². The van der Waals surface area contributed by atoms with Crippen LogP contribution in [-0.4, -0.2) is 85.6 Å². The van der Waals surface area contributed by atoms with Gasteiger partial charge in [0.1, 0.15) is 16.2 Å². The van der Waals surface area contributed by atoms with Crippen molar-refractivity contribution in [2.45, 2.75) is 12.8 Å². The minimum absolute atomic E-state index is 0.0529. The number of hydrogen-bond acceptors (Lipinski definition) is 8. The van der Waals surface area contributed by atoms with Crippen molar-refractivity contribution < 1.29 is 14.3 Å².